The molecule has 0 amide bonds. The fraction of sp³-hybridized carbons (Fsp3) is 0.548. The maximum Gasteiger partial charge on any atom is 0.338 e. The van der Waals surface area contributed by atoms with Gasteiger partial charge in [-0.05, 0) is 74.2 Å². The van der Waals surface area contributed by atoms with Crippen molar-refractivity contribution in [2.45, 2.75) is 67.5 Å². The Balaban J connectivity index is 1.54. The summed E-state index contributed by atoms with van der Waals surface area (Å²) < 4.78 is 64.2. The monoisotopic (exact) mass is 704 g/mol. The van der Waals surface area contributed by atoms with Crippen LogP contribution >= 0.6 is 23.2 Å². The highest BCUT2D eigenvalue weighted by Gasteiger charge is 2.64. The number of esters is 2. The Morgan fingerprint density at radius 3 is 1.18 bits per heavy atom. The summed E-state index contributed by atoms with van der Waals surface area (Å²) in [6.45, 7) is 9.00. The Bertz CT molecular complexity index is 1390. The molecule has 0 radical (unpaired) electrons. The van der Waals surface area contributed by atoms with Crippen LogP contribution in [0.2, 0.25) is 0 Å². The van der Waals surface area contributed by atoms with Crippen LogP contribution < -0.4 is 0 Å². The number of carbonyl (C=O) groups excluding carboxylic acids is 2. The summed E-state index contributed by atoms with van der Waals surface area (Å²) in [5.74, 6) is -2.33. The van der Waals surface area contributed by atoms with Crippen LogP contribution in [0.15, 0.2) is 58.3 Å². The van der Waals surface area contributed by atoms with Gasteiger partial charge < -0.3 is 9.47 Å². The summed E-state index contributed by atoms with van der Waals surface area (Å²) in [5.41, 5.74) is 0.339. The van der Waals surface area contributed by atoms with Crippen molar-refractivity contribution in [3.63, 3.8) is 0 Å². The van der Waals surface area contributed by atoms with E-state index < -0.39 is 48.2 Å². The zero-order chi connectivity index (χ0) is 33.4. The average Bonchev–Trinajstić information content (AvgIpc) is 3.55. The molecule has 0 aliphatic heterocycles. The van der Waals surface area contributed by atoms with Crippen LogP contribution in [-0.2, 0) is 29.5 Å². The Kier molecular flexibility index (Phi) is 13.3. The molecule has 2 aromatic rings. The molecule has 0 aromatic heterocycles. The molecule has 0 saturated heterocycles. The van der Waals surface area contributed by atoms with E-state index in [0.717, 1.165) is 0 Å². The molecule has 1 fully saturated rings. The second-order valence-corrected chi connectivity index (χ2v) is 16.3. The van der Waals surface area contributed by atoms with Crippen molar-refractivity contribution >= 4 is 55.2 Å². The van der Waals surface area contributed by atoms with Crippen molar-refractivity contribution < 1.29 is 35.9 Å². The van der Waals surface area contributed by atoms with Gasteiger partial charge in [0.1, 0.15) is 4.33 Å². The van der Waals surface area contributed by atoms with Crippen LogP contribution in [0.25, 0.3) is 0 Å². The van der Waals surface area contributed by atoms with Crippen LogP contribution in [0.3, 0.4) is 0 Å². The van der Waals surface area contributed by atoms with Crippen LogP contribution in [0.5, 0.6) is 0 Å². The number of sulfonamides is 2. The van der Waals surface area contributed by atoms with Gasteiger partial charge in [-0.15, -0.1) is 23.2 Å². The molecule has 10 nitrogen and oxygen atoms in total. The molecule has 1 saturated carbocycles. The van der Waals surface area contributed by atoms with Gasteiger partial charge in [0.05, 0.1) is 34.1 Å². The Morgan fingerprint density at radius 2 is 0.911 bits per heavy atom. The van der Waals surface area contributed by atoms with Gasteiger partial charge in [-0.3, -0.25) is 0 Å². The molecule has 0 heterocycles. The molecular weight excluding hydrogens is 663 g/mol. The summed E-state index contributed by atoms with van der Waals surface area (Å²) in [6, 6.07) is 11.1. The summed E-state index contributed by atoms with van der Waals surface area (Å²) in [5, 5.41) is 0. The normalized spacial score (nSPS) is 17.8. The number of benzene rings is 2. The maximum atomic E-state index is 13.0. The quantitative estimate of drug-likeness (QED) is 0.142. The predicted octanol–water partition coefficient (Wildman–Crippen LogP) is 5.74. The van der Waals surface area contributed by atoms with E-state index in [1.54, 1.807) is 0 Å². The Hall–Kier alpha value is -2.22. The largest absolute Gasteiger partial charge is 0.462 e. The first-order valence-electron chi connectivity index (χ1n) is 15.2. The summed E-state index contributed by atoms with van der Waals surface area (Å²) in [7, 11) is -7.36. The predicted molar refractivity (Wildman–Crippen MR) is 174 cm³/mol. The number of carbonyl (C=O) groups is 2. The number of rotatable bonds is 18. The lowest BCUT2D eigenvalue weighted by atomic mass is 10.2. The molecular formula is C31H42Cl2N2O8S2. The first-order chi connectivity index (χ1) is 21.2. The van der Waals surface area contributed by atoms with Crippen LogP contribution in [0, 0.1) is 11.8 Å². The fourth-order valence-corrected chi connectivity index (χ4v) is 8.92. The Morgan fingerprint density at radius 1 is 0.622 bits per heavy atom. The van der Waals surface area contributed by atoms with Crippen molar-refractivity contribution in [3.8, 4) is 0 Å². The molecule has 1 aliphatic carbocycles. The summed E-state index contributed by atoms with van der Waals surface area (Å²) >= 11 is 12.8. The molecule has 3 rings (SSSR count). The second kappa shape index (κ2) is 16.1. The lowest BCUT2D eigenvalue weighted by Gasteiger charge is -2.21. The molecule has 0 unspecified atom stereocenters. The minimum Gasteiger partial charge on any atom is -0.462 e. The fourth-order valence-electron chi connectivity index (χ4n) is 4.94. The van der Waals surface area contributed by atoms with Crippen molar-refractivity contribution in [3.05, 3.63) is 59.7 Å². The molecule has 45 heavy (non-hydrogen) atoms. The molecule has 14 heteroatoms. The second-order valence-electron chi connectivity index (χ2n) is 10.9. The first kappa shape index (κ1) is 37.2. The third-order valence-electron chi connectivity index (χ3n) is 7.50. The third-order valence-corrected chi connectivity index (χ3v) is 12.4. The van der Waals surface area contributed by atoms with Gasteiger partial charge in [0, 0.05) is 38.0 Å². The molecule has 2 aromatic carbocycles. The highest BCUT2D eigenvalue weighted by molar-refractivity contribution is 7.89. The summed E-state index contributed by atoms with van der Waals surface area (Å²) in [6.07, 6.45) is 2.74. The molecule has 0 N–H and O–H groups in total. The molecule has 0 spiro atoms. The van der Waals surface area contributed by atoms with Gasteiger partial charge in [0.15, 0.2) is 0 Å². The van der Waals surface area contributed by atoms with Crippen molar-refractivity contribution in [2.75, 3.05) is 39.4 Å². The van der Waals surface area contributed by atoms with Gasteiger partial charge in [0.25, 0.3) is 0 Å². The number of alkyl halides is 2. The van der Waals surface area contributed by atoms with E-state index >= 15 is 0 Å². The standard InChI is InChI=1S/C31H42Cl2N2O8S2/c1-5-17-34(18-6-2)44(38,39)25-13-9-23(10-14-25)29(36)42-21-27-28(31(27,32)33)22-43-30(37)24-11-15-26(16-12-24)45(40,41)35(19-7-3)20-8-4/h9-16,27-28H,5-8,17-22H2,1-4H3/t27-,28-/m0/s1. The van der Waals surface area contributed by atoms with Gasteiger partial charge in [-0.2, -0.15) is 8.61 Å². The van der Waals surface area contributed by atoms with Gasteiger partial charge in [-0.25, -0.2) is 26.4 Å². The maximum absolute atomic E-state index is 13.0. The summed E-state index contributed by atoms with van der Waals surface area (Å²) in [4.78, 5) is 25.5. The van der Waals surface area contributed by atoms with E-state index in [9.17, 15) is 26.4 Å². The molecule has 1 aliphatic rings. The van der Waals surface area contributed by atoms with Gasteiger partial charge >= 0.3 is 11.9 Å². The van der Waals surface area contributed by atoms with E-state index in [2.05, 4.69) is 0 Å². The number of ether oxygens (including phenoxy) is 2. The van der Waals surface area contributed by atoms with Crippen LogP contribution in [0.1, 0.15) is 74.1 Å². The van der Waals surface area contributed by atoms with Gasteiger partial charge in [0.2, 0.25) is 20.0 Å². The smallest absolute Gasteiger partial charge is 0.338 e. The molecule has 2 atom stereocenters. The third kappa shape index (κ3) is 8.99. The van der Waals surface area contributed by atoms with E-state index in [-0.39, 0.29) is 34.1 Å². The highest BCUT2D eigenvalue weighted by Crippen LogP contribution is 2.59. The lowest BCUT2D eigenvalue weighted by molar-refractivity contribution is 0.0419. The van der Waals surface area contributed by atoms with E-state index in [1.807, 2.05) is 27.7 Å². The topological polar surface area (TPSA) is 127 Å². The highest BCUT2D eigenvalue weighted by atomic mass is 35.5. The number of halogens is 2. The first-order valence-corrected chi connectivity index (χ1v) is 18.8. The van der Waals surface area contributed by atoms with Crippen molar-refractivity contribution in [1.82, 2.24) is 8.61 Å². The number of nitrogens with zero attached hydrogens (tertiary/aromatic N) is 2. The number of hydrogen-bond donors (Lipinski definition) is 0. The Labute approximate surface area is 277 Å². The average molecular weight is 706 g/mol. The van der Waals surface area contributed by atoms with Crippen LogP contribution in [0.4, 0.5) is 0 Å². The zero-order valence-electron chi connectivity index (χ0n) is 26.1. The van der Waals surface area contributed by atoms with Crippen molar-refractivity contribution in [2.24, 2.45) is 11.8 Å². The minimum absolute atomic E-state index is 0.0942. The number of hydrogen-bond acceptors (Lipinski definition) is 8. The SMILES string of the molecule is CCCN(CCC)S(=O)(=O)c1ccc(C(=O)OC[C@H]2[C@H](COC(=O)c3ccc(S(=O)(=O)N(CCC)CCC)cc3)C2(Cl)Cl)cc1. The van der Waals surface area contributed by atoms with Crippen molar-refractivity contribution in [1.29, 1.82) is 0 Å². The van der Waals surface area contributed by atoms with E-state index in [0.29, 0.717) is 51.9 Å². The zero-order valence-corrected chi connectivity index (χ0v) is 29.2. The van der Waals surface area contributed by atoms with Crippen LogP contribution in [-0.4, -0.2) is 81.1 Å². The molecule has 0 bridgehead atoms. The van der Waals surface area contributed by atoms with E-state index in [4.69, 9.17) is 32.7 Å². The molecule has 250 valence electrons. The lowest BCUT2D eigenvalue weighted by Crippen LogP contribution is -2.32. The van der Waals surface area contributed by atoms with Gasteiger partial charge in [-0.1, -0.05) is 27.7 Å². The minimum atomic E-state index is -3.68. The van der Waals surface area contributed by atoms with E-state index in [1.165, 1.54) is 57.1 Å².